The standard InChI is InChI=1S/C13H18N2/c1-9(2)10-4-5-13-11(6-10)7-12(8-14)15(13)3/h4-7,9H,8,14H2,1-3H3. The molecule has 0 radical (unpaired) electrons. The van der Waals surface area contributed by atoms with E-state index in [2.05, 4.69) is 49.7 Å². The molecule has 2 heteroatoms. The van der Waals surface area contributed by atoms with E-state index in [1.165, 1.54) is 22.2 Å². The molecule has 2 aromatic rings. The predicted octanol–water partition coefficient (Wildman–Crippen LogP) is 2.76. The Balaban J connectivity index is 2.63. The summed E-state index contributed by atoms with van der Waals surface area (Å²) in [6.45, 7) is 5.03. The first-order valence-corrected chi connectivity index (χ1v) is 5.41. The number of fused-ring (bicyclic) bond motifs is 1. The summed E-state index contributed by atoms with van der Waals surface area (Å²) in [5.41, 5.74) is 9.53. The number of benzene rings is 1. The van der Waals surface area contributed by atoms with E-state index >= 15 is 0 Å². The van der Waals surface area contributed by atoms with Crippen LogP contribution in [0.15, 0.2) is 24.3 Å². The first-order valence-electron chi connectivity index (χ1n) is 5.41. The normalized spacial score (nSPS) is 11.5. The van der Waals surface area contributed by atoms with Gasteiger partial charge >= 0.3 is 0 Å². The molecule has 0 fully saturated rings. The second-order valence-electron chi connectivity index (χ2n) is 4.37. The zero-order valence-corrected chi connectivity index (χ0v) is 9.62. The number of rotatable bonds is 2. The molecular formula is C13H18N2. The van der Waals surface area contributed by atoms with Crippen LogP contribution in [0.5, 0.6) is 0 Å². The summed E-state index contributed by atoms with van der Waals surface area (Å²) in [5, 5.41) is 1.30. The molecule has 80 valence electrons. The Morgan fingerprint density at radius 3 is 2.60 bits per heavy atom. The molecule has 15 heavy (non-hydrogen) atoms. The van der Waals surface area contributed by atoms with Crippen molar-refractivity contribution in [1.82, 2.24) is 4.57 Å². The summed E-state index contributed by atoms with van der Waals surface area (Å²) in [6, 6.07) is 8.83. The van der Waals surface area contributed by atoms with Crippen LogP contribution in [-0.4, -0.2) is 4.57 Å². The quantitative estimate of drug-likeness (QED) is 0.797. The van der Waals surface area contributed by atoms with Crippen LogP contribution in [0.4, 0.5) is 0 Å². The van der Waals surface area contributed by atoms with E-state index in [0.717, 1.165) is 0 Å². The highest BCUT2D eigenvalue weighted by molar-refractivity contribution is 5.82. The molecule has 0 aliphatic rings. The van der Waals surface area contributed by atoms with Gasteiger partial charge in [-0.3, -0.25) is 0 Å². The maximum atomic E-state index is 5.69. The van der Waals surface area contributed by atoms with E-state index in [9.17, 15) is 0 Å². The third-order valence-corrected chi connectivity index (χ3v) is 3.04. The monoisotopic (exact) mass is 202 g/mol. The van der Waals surface area contributed by atoms with E-state index in [4.69, 9.17) is 5.73 Å². The highest BCUT2D eigenvalue weighted by Crippen LogP contribution is 2.23. The summed E-state index contributed by atoms with van der Waals surface area (Å²) in [7, 11) is 2.07. The predicted molar refractivity (Wildman–Crippen MR) is 64.9 cm³/mol. The molecule has 2 N–H and O–H groups in total. The number of nitrogens with two attached hydrogens (primary N) is 1. The largest absolute Gasteiger partial charge is 0.346 e. The minimum absolute atomic E-state index is 0.580. The molecule has 0 bridgehead atoms. The topological polar surface area (TPSA) is 30.9 Å². The lowest BCUT2D eigenvalue weighted by atomic mass is 10.0. The summed E-state index contributed by atoms with van der Waals surface area (Å²) in [4.78, 5) is 0. The summed E-state index contributed by atoms with van der Waals surface area (Å²) < 4.78 is 2.17. The van der Waals surface area contributed by atoms with Gasteiger partial charge < -0.3 is 10.3 Å². The summed E-state index contributed by atoms with van der Waals surface area (Å²) in [5.74, 6) is 0.580. The molecule has 2 rings (SSSR count). The van der Waals surface area contributed by atoms with E-state index in [1.54, 1.807) is 0 Å². The molecule has 1 aromatic carbocycles. The number of hydrogen-bond donors (Lipinski definition) is 1. The lowest BCUT2D eigenvalue weighted by Gasteiger charge is -2.05. The van der Waals surface area contributed by atoms with Gasteiger partial charge in [-0.15, -0.1) is 0 Å². The van der Waals surface area contributed by atoms with Gasteiger partial charge in [0.1, 0.15) is 0 Å². The van der Waals surface area contributed by atoms with Gasteiger partial charge in [-0.1, -0.05) is 19.9 Å². The fourth-order valence-electron chi connectivity index (χ4n) is 1.98. The van der Waals surface area contributed by atoms with Crippen molar-refractivity contribution < 1.29 is 0 Å². The van der Waals surface area contributed by atoms with Gasteiger partial charge in [0, 0.05) is 30.2 Å². The van der Waals surface area contributed by atoms with Crippen LogP contribution in [-0.2, 0) is 13.6 Å². The molecule has 2 nitrogen and oxygen atoms in total. The van der Waals surface area contributed by atoms with Gasteiger partial charge in [-0.2, -0.15) is 0 Å². The lowest BCUT2D eigenvalue weighted by Crippen LogP contribution is -2.02. The third kappa shape index (κ3) is 1.65. The maximum Gasteiger partial charge on any atom is 0.0480 e. The average molecular weight is 202 g/mol. The van der Waals surface area contributed by atoms with Crippen LogP contribution in [0.25, 0.3) is 10.9 Å². The molecule has 0 unspecified atom stereocenters. The van der Waals surface area contributed by atoms with Crippen LogP contribution >= 0.6 is 0 Å². The Morgan fingerprint density at radius 2 is 2.00 bits per heavy atom. The molecule has 0 spiro atoms. The van der Waals surface area contributed by atoms with Crippen molar-refractivity contribution in [3.05, 3.63) is 35.5 Å². The van der Waals surface area contributed by atoms with E-state index in [0.29, 0.717) is 12.5 Å². The molecular weight excluding hydrogens is 184 g/mol. The van der Waals surface area contributed by atoms with Crippen LogP contribution in [0, 0.1) is 0 Å². The van der Waals surface area contributed by atoms with Crippen LogP contribution in [0.1, 0.15) is 31.0 Å². The van der Waals surface area contributed by atoms with Crippen LogP contribution in [0.2, 0.25) is 0 Å². The van der Waals surface area contributed by atoms with Crippen molar-refractivity contribution in [1.29, 1.82) is 0 Å². The number of nitrogens with zero attached hydrogens (tertiary/aromatic N) is 1. The van der Waals surface area contributed by atoms with E-state index < -0.39 is 0 Å². The Hall–Kier alpha value is -1.28. The zero-order valence-electron chi connectivity index (χ0n) is 9.62. The highest BCUT2D eigenvalue weighted by Gasteiger charge is 2.06. The minimum Gasteiger partial charge on any atom is -0.346 e. The van der Waals surface area contributed by atoms with E-state index in [-0.39, 0.29) is 0 Å². The van der Waals surface area contributed by atoms with Gasteiger partial charge in [0.15, 0.2) is 0 Å². The van der Waals surface area contributed by atoms with Crippen molar-refractivity contribution in [2.24, 2.45) is 12.8 Å². The molecule has 1 heterocycles. The fourth-order valence-corrected chi connectivity index (χ4v) is 1.98. The van der Waals surface area contributed by atoms with Gasteiger partial charge in [0.05, 0.1) is 0 Å². The van der Waals surface area contributed by atoms with Crippen molar-refractivity contribution in [2.45, 2.75) is 26.3 Å². The second kappa shape index (κ2) is 3.70. The van der Waals surface area contributed by atoms with Gasteiger partial charge in [0.25, 0.3) is 0 Å². The molecule has 0 amide bonds. The SMILES string of the molecule is CC(C)c1ccc2c(c1)cc(CN)n2C. The van der Waals surface area contributed by atoms with Crippen molar-refractivity contribution in [3.8, 4) is 0 Å². The number of aryl methyl sites for hydroxylation is 1. The molecule has 0 aliphatic heterocycles. The second-order valence-corrected chi connectivity index (χ2v) is 4.37. The third-order valence-electron chi connectivity index (χ3n) is 3.04. The Labute approximate surface area is 90.7 Å². The van der Waals surface area contributed by atoms with Gasteiger partial charge in [-0.05, 0) is 29.7 Å². The van der Waals surface area contributed by atoms with Crippen molar-refractivity contribution >= 4 is 10.9 Å². The van der Waals surface area contributed by atoms with Crippen molar-refractivity contribution in [2.75, 3.05) is 0 Å². The summed E-state index contributed by atoms with van der Waals surface area (Å²) >= 11 is 0. The Morgan fingerprint density at radius 1 is 1.27 bits per heavy atom. The van der Waals surface area contributed by atoms with Gasteiger partial charge in [-0.25, -0.2) is 0 Å². The van der Waals surface area contributed by atoms with Gasteiger partial charge in [0.2, 0.25) is 0 Å². The molecule has 0 aliphatic carbocycles. The molecule has 0 saturated heterocycles. The maximum absolute atomic E-state index is 5.69. The average Bonchev–Trinajstić information content (AvgIpc) is 2.55. The first kappa shape index (κ1) is 10.2. The zero-order chi connectivity index (χ0) is 11.0. The molecule has 0 saturated carbocycles. The fraction of sp³-hybridized carbons (Fsp3) is 0.385. The Bertz CT molecular complexity index is 480. The number of aromatic nitrogens is 1. The smallest absolute Gasteiger partial charge is 0.0480 e. The summed E-state index contributed by atoms with van der Waals surface area (Å²) in [6.07, 6.45) is 0. The molecule has 1 aromatic heterocycles. The van der Waals surface area contributed by atoms with Crippen molar-refractivity contribution in [3.63, 3.8) is 0 Å². The first-order chi connectivity index (χ1) is 7.13. The minimum atomic E-state index is 0.580. The van der Waals surface area contributed by atoms with Crippen LogP contribution in [0.3, 0.4) is 0 Å². The van der Waals surface area contributed by atoms with Crippen LogP contribution < -0.4 is 5.73 Å². The van der Waals surface area contributed by atoms with E-state index in [1.807, 2.05) is 0 Å². The molecule has 0 atom stereocenters. The Kier molecular flexibility index (Phi) is 2.53. The number of hydrogen-bond acceptors (Lipinski definition) is 1. The highest BCUT2D eigenvalue weighted by atomic mass is 15.0. The lowest BCUT2D eigenvalue weighted by molar-refractivity contribution is 0.847.